The molecule has 0 aliphatic heterocycles. The van der Waals surface area contributed by atoms with E-state index in [0.717, 1.165) is 28.3 Å². The smallest absolute Gasteiger partial charge is 0.220 e. The van der Waals surface area contributed by atoms with E-state index in [-0.39, 0.29) is 5.91 Å². The topological polar surface area (TPSA) is 68.3 Å². The summed E-state index contributed by atoms with van der Waals surface area (Å²) in [6.45, 7) is 0.377. The number of carbonyl (C=O) groups is 1. The fourth-order valence-electron chi connectivity index (χ4n) is 2.96. The lowest BCUT2D eigenvalue weighted by Gasteiger charge is -2.01. The van der Waals surface area contributed by atoms with Gasteiger partial charge in [-0.1, -0.05) is 60.7 Å². The van der Waals surface area contributed by atoms with Crippen molar-refractivity contribution < 1.29 is 13.6 Å². The minimum Gasteiger partial charge on any atom is -0.467 e. The lowest BCUT2D eigenvalue weighted by atomic mass is 10.1. The Morgan fingerprint density at radius 1 is 0.893 bits per heavy atom. The van der Waals surface area contributed by atoms with E-state index >= 15 is 0 Å². The zero-order chi connectivity index (χ0) is 19.2. The van der Waals surface area contributed by atoms with Crippen LogP contribution in [0.3, 0.4) is 0 Å². The lowest BCUT2D eigenvalue weighted by Crippen LogP contribution is -2.22. The second-order valence-electron chi connectivity index (χ2n) is 6.37. The Hall–Kier alpha value is -3.60. The molecule has 0 aliphatic rings. The molecule has 0 bridgehead atoms. The van der Waals surface area contributed by atoms with E-state index in [4.69, 9.17) is 8.83 Å². The van der Waals surface area contributed by atoms with Crippen molar-refractivity contribution in [2.24, 2.45) is 0 Å². The number of aryl methyl sites for hydroxylation is 1. The molecule has 28 heavy (non-hydrogen) atoms. The molecular weight excluding hydrogens is 352 g/mol. The molecule has 1 N–H and O–H groups in total. The predicted molar refractivity (Wildman–Crippen MR) is 106 cm³/mol. The van der Waals surface area contributed by atoms with Crippen LogP contribution in [0.25, 0.3) is 22.6 Å². The molecule has 0 saturated heterocycles. The second-order valence-corrected chi connectivity index (χ2v) is 6.37. The Kier molecular flexibility index (Phi) is 5.33. The van der Waals surface area contributed by atoms with Gasteiger partial charge in [-0.3, -0.25) is 4.79 Å². The average molecular weight is 372 g/mol. The Bertz CT molecular complexity index is 965. The molecular formula is C23H20N2O3. The molecule has 5 heteroatoms. The molecule has 0 saturated carbocycles. The van der Waals surface area contributed by atoms with Gasteiger partial charge in [-0.25, -0.2) is 4.98 Å². The Morgan fingerprint density at radius 2 is 1.61 bits per heavy atom. The van der Waals surface area contributed by atoms with Crippen LogP contribution in [0, 0.1) is 0 Å². The van der Waals surface area contributed by atoms with Crippen LogP contribution in [0.15, 0.2) is 87.9 Å². The van der Waals surface area contributed by atoms with Gasteiger partial charge in [0.15, 0.2) is 11.7 Å². The van der Waals surface area contributed by atoms with Gasteiger partial charge in [0.25, 0.3) is 0 Å². The fraction of sp³-hybridized carbons (Fsp3) is 0.130. The molecule has 0 radical (unpaired) electrons. The lowest BCUT2D eigenvalue weighted by molar-refractivity contribution is -0.121. The van der Waals surface area contributed by atoms with Crippen molar-refractivity contribution in [1.29, 1.82) is 0 Å². The summed E-state index contributed by atoms with van der Waals surface area (Å²) in [5.41, 5.74) is 2.73. The largest absolute Gasteiger partial charge is 0.467 e. The number of aromatic nitrogens is 1. The summed E-state index contributed by atoms with van der Waals surface area (Å²) in [5.74, 6) is 1.92. The first-order valence-corrected chi connectivity index (χ1v) is 9.19. The number of amides is 1. The SMILES string of the molecule is O=C(CCc1nc(-c2ccccc2)c(-c2ccccc2)o1)NCc1ccco1. The van der Waals surface area contributed by atoms with Gasteiger partial charge in [0.1, 0.15) is 11.5 Å². The first kappa shape index (κ1) is 17.8. The van der Waals surface area contributed by atoms with Gasteiger partial charge >= 0.3 is 0 Å². The highest BCUT2D eigenvalue weighted by atomic mass is 16.4. The summed E-state index contributed by atoms with van der Waals surface area (Å²) in [6, 6.07) is 23.4. The van der Waals surface area contributed by atoms with Crippen LogP contribution in [0.1, 0.15) is 18.1 Å². The normalized spacial score (nSPS) is 10.7. The number of oxazole rings is 1. The molecule has 0 atom stereocenters. The van der Waals surface area contributed by atoms with Gasteiger partial charge in [0.2, 0.25) is 5.91 Å². The first-order chi connectivity index (χ1) is 13.8. The summed E-state index contributed by atoms with van der Waals surface area (Å²) in [4.78, 5) is 16.8. The predicted octanol–water partition coefficient (Wildman–Crippen LogP) is 4.85. The summed E-state index contributed by atoms with van der Waals surface area (Å²) in [5, 5.41) is 2.84. The number of hydrogen-bond acceptors (Lipinski definition) is 4. The third-order valence-corrected chi connectivity index (χ3v) is 4.36. The molecule has 4 rings (SSSR count). The van der Waals surface area contributed by atoms with Gasteiger partial charge < -0.3 is 14.2 Å². The van der Waals surface area contributed by atoms with E-state index in [1.807, 2.05) is 66.7 Å². The number of carbonyl (C=O) groups excluding carboxylic acids is 1. The van der Waals surface area contributed by atoms with Crippen LogP contribution in [-0.4, -0.2) is 10.9 Å². The number of benzene rings is 2. The van der Waals surface area contributed by atoms with E-state index < -0.39 is 0 Å². The standard InChI is InChI=1S/C23H20N2O3/c26-20(24-16-19-12-7-15-27-19)13-14-21-25-22(17-8-3-1-4-9-17)23(28-21)18-10-5-2-6-11-18/h1-12,15H,13-14,16H2,(H,24,26). The van der Waals surface area contributed by atoms with Gasteiger partial charge in [0, 0.05) is 24.0 Å². The summed E-state index contributed by atoms with van der Waals surface area (Å²) in [6.07, 6.45) is 2.31. The van der Waals surface area contributed by atoms with Crippen molar-refractivity contribution in [3.05, 3.63) is 90.7 Å². The molecule has 0 spiro atoms. The maximum Gasteiger partial charge on any atom is 0.220 e. The minimum atomic E-state index is -0.0721. The van der Waals surface area contributed by atoms with Crippen LogP contribution in [0.5, 0.6) is 0 Å². The molecule has 140 valence electrons. The quantitative estimate of drug-likeness (QED) is 0.503. The molecule has 0 fully saturated rings. The number of nitrogens with zero attached hydrogens (tertiary/aromatic N) is 1. The Balaban J connectivity index is 1.50. The third kappa shape index (κ3) is 4.20. The average Bonchev–Trinajstić information content (AvgIpc) is 3.42. The van der Waals surface area contributed by atoms with E-state index in [1.165, 1.54) is 0 Å². The van der Waals surface area contributed by atoms with Gasteiger partial charge in [-0.05, 0) is 12.1 Å². The zero-order valence-electron chi connectivity index (χ0n) is 15.3. The summed E-state index contributed by atoms with van der Waals surface area (Å²) in [7, 11) is 0. The van der Waals surface area contributed by atoms with Crippen molar-refractivity contribution in [3.8, 4) is 22.6 Å². The molecule has 4 aromatic rings. The number of nitrogens with one attached hydrogen (secondary N) is 1. The van der Waals surface area contributed by atoms with Crippen LogP contribution in [0.4, 0.5) is 0 Å². The van der Waals surface area contributed by atoms with E-state index in [0.29, 0.717) is 25.3 Å². The molecule has 2 heterocycles. The van der Waals surface area contributed by atoms with Gasteiger partial charge in [-0.15, -0.1) is 0 Å². The molecule has 2 aromatic carbocycles. The first-order valence-electron chi connectivity index (χ1n) is 9.19. The van der Waals surface area contributed by atoms with Crippen molar-refractivity contribution in [2.75, 3.05) is 0 Å². The van der Waals surface area contributed by atoms with Crippen molar-refractivity contribution in [2.45, 2.75) is 19.4 Å². The van der Waals surface area contributed by atoms with Crippen LogP contribution in [0.2, 0.25) is 0 Å². The zero-order valence-corrected chi connectivity index (χ0v) is 15.3. The van der Waals surface area contributed by atoms with Gasteiger partial charge in [-0.2, -0.15) is 0 Å². The number of hydrogen-bond donors (Lipinski definition) is 1. The number of furan rings is 1. The Labute approximate surface area is 163 Å². The fourth-order valence-corrected chi connectivity index (χ4v) is 2.96. The Morgan fingerprint density at radius 3 is 2.29 bits per heavy atom. The highest BCUT2D eigenvalue weighted by molar-refractivity contribution is 5.77. The van der Waals surface area contributed by atoms with Crippen molar-refractivity contribution >= 4 is 5.91 Å². The summed E-state index contributed by atoms with van der Waals surface area (Å²) >= 11 is 0. The molecule has 1 amide bonds. The second kappa shape index (κ2) is 8.39. The van der Waals surface area contributed by atoms with Crippen LogP contribution >= 0.6 is 0 Å². The maximum atomic E-state index is 12.1. The molecule has 2 aromatic heterocycles. The number of rotatable bonds is 7. The molecule has 0 unspecified atom stereocenters. The molecule has 0 aliphatic carbocycles. The van der Waals surface area contributed by atoms with Crippen molar-refractivity contribution in [1.82, 2.24) is 10.3 Å². The molecule has 5 nitrogen and oxygen atoms in total. The van der Waals surface area contributed by atoms with E-state index in [1.54, 1.807) is 12.3 Å². The van der Waals surface area contributed by atoms with Crippen LogP contribution < -0.4 is 5.32 Å². The maximum absolute atomic E-state index is 12.1. The van der Waals surface area contributed by atoms with Crippen molar-refractivity contribution in [3.63, 3.8) is 0 Å². The summed E-state index contributed by atoms with van der Waals surface area (Å²) < 4.78 is 11.3. The van der Waals surface area contributed by atoms with E-state index in [9.17, 15) is 4.79 Å². The third-order valence-electron chi connectivity index (χ3n) is 4.36. The minimum absolute atomic E-state index is 0.0721. The van der Waals surface area contributed by atoms with Crippen LogP contribution in [-0.2, 0) is 17.8 Å². The monoisotopic (exact) mass is 372 g/mol. The van der Waals surface area contributed by atoms with Gasteiger partial charge in [0.05, 0.1) is 12.8 Å². The van der Waals surface area contributed by atoms with E-state index in [2.05, 4.69) is 10.3 Å². The highest BCUT2D eigenvalue weighted by Crippen LogP contribution is 2.32. The highest BCUT2D eigenvalue weighted by Gasteiger charge is 2.17.